The molecule has 4 nitrogen and oxygen atoms in total. The zero-order valence-corrected chi connectivity index (χ0v) is 27.2. The molecule has 0 aromatic rings. The van der Waals surface area contributed by atoms with Gasteiger partial charge in [-0.2, -0.15) is 0 Å². The van der Waals surface area contributed by atoms with Crippen LogP contribution in [-0.4, -0.2) is 23.1 Å². The molecule has 6 atom stereocenters. The third kappa shape index (κ3) is 5.18. The average molecular weight is 557 g/mol. The Balaban J connectivity index is 0.000000162. The Morgan fingerprint density at radius 1 is 0.850 bits per heavy atom. The first-order valence-electron chi connectivity index (χ1n) is 17.2. The third-order valence-corrected chi connectivity index (χ3v) is 13.6. The van der Waals surface area contributed by atoms with Crippen LogP contribution in [0.15, 0.2) is 0 Å². The second-order valence-corrected chi connectivity index (χ2v) is 16.5. The number of rotatable bonds is 8. The first kappa shape index (κ1) is 30.4. The lowest BCUT2D eigenvalue weighted by atomic mass is 9.46. The highest BCUT2D eigenvalue weighted by Crippen LogP contribution is 2.65. The van der Waals surface area contributed by atoms with Gasteiger partial charge in [0.15, 0.2) is 0 Å². The van der Waals surface area contributed by atoms with Gasteiger partial charge in [0.05, 0.1) is 11.3 Å². The number of hydrogen-bond acceptors (Lipinski definition) is 4. The molecule has 0 aliphatic heterocycles. The molecule has 6 bridgehead atoms. The van der Waals surface area contributed by atoms with Crippen molar-refractivity contribution < 1.29 is 19.1 Å². The Morgan fingerprint density at radius 3 is 1.95 bits per heavy atom. The van der Waals surface area contributed by atoms with E-state index in [-0.39, 0.29) is 39.9 Å². The van der Waals surface area contributed by atoms with Crippen molar-refractivity contribution in [1.82, 2.24) is 0 Å². The van der Waals surface area contributed by atoms with Gasteiger partial charge in [0.25, 0.3) is 0 Å². The predicted molar refractivity (Wildman–Crippen MR) is 160 cm³/mol. The van der Waals surface area contributed by atoms with Gasteiger partial charge in [0.1, 0.15) is 11.2 Å². The number of fused-ring (bicyclic) bond motifs is 5. The smallest absolute Gasteiger partial charge is 0.312 e. The van der Waals surface area contributed by atoms with E-state index in [0.29, 0.717) is 5.92 Å². The van der Waals surface area contributed by atoms with Crippen LogP contribution in [-0.2, 0) is 19.1 Å². The minimum atomic E-state index is -0.362. The highest BCUT2D eigenvalue weighted by Gasteiger charge is 2.62. The van der Waals surface area contributed by atoms with E-state index in [1.54, 1.807) is 0 Å². The molecule has 6 unspecified atom stereocenters. The van der Waals surface area contributed by atoms with Crippen LogP contribution in [0.4, 0.5) is 0 Å². The van der Waals surface area contributed by atoms with Crippen molar-refractivity contribution in [2.75, 3.05) is 0 Å². The zero-order valence-electron chi connectivity index (χ0n) is 27.2. The summed E-state index contributed by atoms with van der Waals surface area (Å²) >= 11 is 0. The Labute approximate surface area is 245 Å². The van der Waals surface area contributed by atoms with Crippen molar-refractivity contribution >= 4 is 11.9 Å². The number of hydrogen-bond donors (Lipinski definition) is 0. The molecule has 7 fully saturated rings. The second-order valence-electron chi connectivity index (χ2n) is 16.5. The summed E-state index contributed by atoms with van der Waals surface area (Å²) in [6, 6.07) is 0. The summed E-state index contributed by atoms with van der Waals surface area (Å²) < 4.78 is 12.2. The summed E-state index contributed by atoms with van der Waals surface area (Å²) in [5.41, 5.74) is -0.524. The fourth-order valence-corrected chi connectivity index (χ4v) is 10.7. The van der Waals surface area contributed by atoms with Gasteiger partial charge in [-0.25, -0.2) is 0 Å². The van der Waals surface area contributed by atoms with E-state index in [4.69, 9.17) is 9.47 Å². The van der Waals surface area contributed by atoms with Gasteiger partial charge >= 0.3 is 11.9 Å². The molecule has 4 heteroatoms. The molecule has 0 heterocycles. The van der Waals surface area contributed by atoms with Crippen LogP contribution in [0.1, 0.15) is 145 Å². The minimum absolute atomic E-state index is 0.00857. The maximum Gasteiger partial charge on any atom is 0.312 e. The largest absolute Gasteiger partial charge is 0.459 e. The molecular formula is C36H60O4. The van der Waals surface area contributed by atoms with E-state index in [0.717, 1.165) is 61.2 Å². The lowest BCUT2D eigenvalue weighted by Crippen LogP contribution is -2.58. The topological polar surface area (TPSA) is 52.6 Å². The normalized spacial score (nSPS) is 41.8. The van der Waals surface area contributed by atoms with Crippen LogP contribution in [0.25, 0.3) is 0 Å². The van der Waals surface area contributed by atoms with Crippen molar-refractivity contribution in [3.8, 4) is 0 Å². The number of carbonyl (C=O) groups excluding carboxylic acids is 2. The Hall–Kier alpha value is -1.06. The van der Waals surface area contributed by atoms with Crippen molar-refractivity contribution in [3.63, 3.8) is 0 Å². The number of ether oxygens (including phenoxy) is 2. The first-order chi connectivity index (χ1) is 18.8. The van der Waals surface area contributed by atoms with Gasteiger partial charge in [0, 0.05) is 11.3 Å². The van der Waals surface area contributed by atoms with Crippen LogP contribution >= 0.6 is 0 Å². The molecule has 7 saturated carbocycles. The fourth-order valence-electron chi connectivity index (χ4n) is 10.7. The maximum absolute atomic E-state index is 12.6. The number of carbonyl (C=O) groups is 2. The first-order valence-corrected chi connectivity index (χ1v) is 17.2. The van der Waals surface area contributed by atoms with Crippen LogP contribution in [0.5, 0.6) is 0 Å². The Morgan fingerprint density at radius 2 is 1.43 bits per heavy atom. The molecule has 40 heavy (non-hydrogen) atoms. The van der Waals surface area contributed by atoms with E-state index < -0.39 is 0 Å². The number of esters is 2. The second kappa shape index (κ2) is 10.9. The van der Waals surface area contributed by atoms with E-state index in [2.05, 4.69) is 34.6 Å². The van der Waals surface area contributed by atoms with Crippen LogP contribution in [0.3, 0.4) is 0 Å². The summed E-state index contributed by atoms with van der Waals surface area (Å²) in [7, 11) is 0. The van der Waals surface area contributed by atoms with Gasteiger partial charge in [-0.15, -0.1) is 0 Å². The summed E-state index contributed by atoms with van der Waals surface area (Å²) in [6.07, 6.45) is 17.6. The van der Waals surface area contributed by atoms with Crippen molar-refractivity contribution in [2.45, 2.75) is 156 Å². The average Bonchev–Trinajstić information content (AvgIpc) is 3.60. The molecule has 0 amide bonds. The van der Waals surface area contributed by atoms with E-state index in [9.17, 15) is 9.59 Å². The highest BCUT2D eigenvalue weighted by atomic mass is 16.6. The lowest BCUT2D eigenvalue weighted by Gasteiger charge is -2.61. The molecule has 7 rings (SSSR count). The summed E-state index contributed by atoms with van der Waals surface area (Å²) in [5.74, 6) is 6.13. The van der Waals surface area contributed by atoms with Gasteiger partial charge < -0.3 is 9.47 Å². The molecule has 0 saturated heterocycles. The van der Waals surface area contributed by atoms with Crippen LogP contribution in [0, 0.1) is 58.2 Å². The van der Waals surface area contributed by atoms with Crippen LogP contribution < -0.4 is 0 Å². The fraction of sp³-hybridized carbons (Fsp3) is 0.944. The predicted octanol–water partition coefficient (Wildman–Crippen LogP) is 9.14. The van der Waals surface area contributed by atoms with Gasteiger partial charge in [-0.05, 0) is 147 Å². The monoisotopic (exact) mass is 556 g/mol. The minimum Gasteiger partial charge on any atom is -0.459 e. The zero-order chi connectivity index (χ0) is 29.1. The third-order valence-electron chi connectivity index (χ3n) is 13.6. The summed E-state index contributed by atoms with van der Waals surface area (Å²) in [6.45, 7) is 16.7. The molecule has 0 aromatic heterocycles. The van der Waals surface area contributed by atoms with Gasteiger partial charge in [0.2, 0.25) is 0 Å². The summed E-state index contributed by atoms with van der Waals surface area (Å²) in [5, 5.41) is 0. The Bertz CT molecular complexity index is 913. The quantitative estimate of drug-likeness (QED) is 0.280. The molecular weight excluding hydrogens is 496 g/mol. The van der Waals surface area contributed by atoms with Crippen molar-refractivity contribution in [1.29, 1.82) is 0 Å². The maximum atomic E-state index is 12.6. The van der Waals surface area contributed by atoms with Crippen molar-refractivity contribution in [2.24, 2.45) is 58.2 Å². The van der Waals surface area contributed by atoms with Crippen LogP contribution in [0.2, 0.25) is 0 Å². The molecule has 0 spiro atoms. The summed E-state index contributed by atoms with van der Waals surface area (Å²) in [4.78, 5) is 24.8. The van der Waals surface area contributed by atoms with E-state index >= 15 is 0 Å². The lowest BCUT2D eigenvalue weighted by molar-refractivity contribution is -0.206. The van der Waals surface area contributed by atoms with Crippen molar-refractivity contribution in [3.05, 3.63) is 0 Å². The Kier molecular flexibility index (Phi) is 8.28. The highest BCUT2D eigenvalue weighted by molar-refractivity contribution is 5.76. The SMILES string of the molecule is CCC(C)(C)C(=O)OC(C)(C)C12CC3CC(CC(C3)C1)C2.CCC(C)C(=O)OC1(CC)CC2CC1C1CCCC21. The molecule has 0 N–H and O–H groups in total. The molecule has 0 aromatic carbocycles. The van der Waals surface area contributed by atoms with Gasteiger partial charge in [-0.3, -0.25) is 9.59 Å². The van der Waals surface area contributed by atoms with Gasteiger partial charge in [-0.1, -0.05) is 34.1 Å². The van der Waals surface area contributed by atoms with E-state index in [1.807, 2.05) is 20.8 Å². The molecule has 7 aliphatic rings. The molecule has 228 valence electrons. The molecule has 0 radical (unpaired) electrons. The standard InChI is InChI=1S/C19H32O2.C17H28O2/c1-6-17(2,3)16(20)21-18(4,5)19-10-13-7-14(11-19)9-15(8-13)12-19;1-4-11(3)16(18)19-17(5-2)10-12-9-15(17)14-8-6-7-13(12)14/h13-15H,6-12H2,1-5H3;11-15H,4-10H2,1-3H3. The van der Waals surface area contributed by atoms with E-state index in [1.165, 1.54) is 64.2 Å². The molecule has 7 aliphatic carbocycles.